The predicted molar refractivity (Wildman–Crippen MR) is 183 cm³/mol. The molecule has 3 rings (SSSR count). The Morgan fingerprint density at radius 2 is 1.50 bits per heavy atom. The molecule has 0 aromatic carbocycles. The van der Waals surface area contributed by atoms with E-state index in [1.807, 2.05) is 69.4 Å². The second-order valence-corrected chi connectivity index (χ2v) is 14.5. The van der Waals surface area contributed by atoms with Gasteiger partial charge in [-0.1, -0.05) is 123 Å². The SMILES string of the molecule is CC1=C(C#CC/C=C/C=C/C(C)=C/C=C/C=C(C)/C=C/C=C(\C)C(=O)C[C@@]23O[C@]2(C)C[C@@H](O)CC3(C)C)C(C)(C)C[C@H](O)C1. The van der Waals surface area contributed by atoms with Crippen LogP contribution in [-0.2, 0) is 9.53 Å². The minimum absolute atomic E-state index is 0.0672. The molecule has 2 aliphatic carbocycles. The summed E-state index contributed by atoms with van der Waals surface area (Å²) in [5.74, 6) is 6.72. The van der Waals surface area contributed by atoms with E-state index in [4.69, 9.17) is 4.74 Å². The van der Waals surface area contributed by atoms with Gasteiger partial charge in [0, 0.05) is 30.3 Å². The van der Waals surface area contributed by atoms with Crippen molar-refractivity contribution in [2.75, 3.05) is 0 Å². The topological polar surface area (TPSA) is 70.1 Å². The van der Waals surface area contributed by atoms with Crippen LogP contribution < -0.4 is 0 Å². The Morgan fingerprint density at radius 1 is 0.864 bits per heavy atom. The van der Waals surface area contributed by atoms with Crippen molar-refractivity contribution in [1.82, 2.24) is 0 Å². The van der Waals surface area contributed by atoms with Gasteiger partial charge in [0.1, 0.15) is 5.60 Å². The fraction of sp³-hybridized carbons (Fsp3) is 0.525. The number of fused-ring (bicyclic) bond motifs is 1. The maximum absolute atomic E-state index is 13.0. The molecule has 0 bridgehead atoms. The summed E-state index contributed by atoms with van der Waals surface area (Å²) >= 11 is 0. The first kappa shape index (κ1) is 35.5. The van der Waals surface area contributed by atoms with Crippen molar-refractivity contribution in [1.29, 1.82) is 0 Å². The summed E-state index contributed by atoms with van der Waals surface area (Å²) < 4.78 is 6.18. The van der Waals surface area contributed by atoms with Gasteiger partial charge in [-0.3, -0.25) is 4.79 Å². The molecule has 4 heteroatoms. The smallest absolute Gasteiger partial charge is 0.161 e. The lowest BCUT2D eigenvalue weighted by molar-refractivity contribution is -0.118. The Hall–Kier alpha value is -2.97. The molecule has 2 N–H and O–H groups in total. The van der Waals surface area contributed by atoms with Crippen LogP contribution >= 0.6 is 0 Å². The molecular weight excluding hydrogens is 544 g/mol. The number of hydrogen-bond acceptors (Lipinski definition) is 4. The molecule has 2 fully saturated rings. The molecule has 4 atom stereocenters. The molecule has 0 amide bonds. The molecule has 4 nitrogen and oxygen atoms in total. The minimum Gasteiger partial charge on any atom is -0.393 e. The number of allylic oxidation sites excluding steroid dienone is 15. The third-order valence-corrected chi connectivity index (χ3v) is 9.49. The lowest BCUT2D eigenvalue weighted by atomic mass is 9.61. The molecular formula is C40H54O4. The Morgan fingerprint density at radius 3 is 2.11 bits per heavy atom. The van der Waals surface area contributed by atoms with Crippen molar-refractivity contribution in [2.45, 2.75) is 124 Å². The van der Waals surface area contributed by atoms with Crippen LogP contribution in [0.15, 0.2) is 94.7 Å². The number of ether oxygens (including phenoxy) is 1. The second kappa shape index (κ2) is 14.4. The predicted octanol–water partition coefficient (Wildman–Crippen LogP) is 8.61. The van der Waals surface area contributed by atoms with E-state index in [2.05, 4.69) is 71.6 Å². The van der Waals surface area contributed by atoms with Gasteiger partial charge in [0.05, 0.1) is 17.8 Å². The van der Waals surface area contributed by atoms with Crippen molar-refractivity contribution < 1.29 is 19.7 Å². The van der Waals surface area contributed by atoms with Crippen LogP contribution in [-0.4, -0.2) is 39.4 Å². The Balaban J connectivity index is 1.44. The van der Waals surface area contributed by atoms with Crippen LogP contribution in [0.1, 0.15) is 101 Å². The molecule has 1 aliphatic heterocycles. The molecule has 1 heterocycles. The van der Waals surface area contributed by atoms with Gasteiger partial charge in [-0.2, -0.15) is 0 Å². The van der Waals surface area contributed by atoms with Crippen molar-refractivity contribution in [3.05, 3.63) is 94.7 Å². The molecule has 0 aromatic rings. The van der Waals surface area contributed by atoms with Gasteiger partial charge in [0.25, 0.3) is 0 Å². The van der Waals surface area contributed by atoms with Crippen LogP contribution in [0.25, 0.3) is 0 Å². The highest BCUT2D eigenvalue weighted by atomic mass is 16.6. The zero-order valence-electron chi connectivity index (χ0n) is 28.5. The average molecular weight is 599 g/mol. The largest absolute Gasteiger partial charge is 0.393 e. The van der Waals surface area contributed by atoms with Crippen LogP contribution in [0.4, 0.5) is 0 Å². The van der Waals surface area contributed by atoms with E-state index >= 15 is 0 Å². The number of carbonyl (C=O) groups is 1. The van der Waals surface area contributed by atoms with E-state index in [1.165, 1.54) is 11.1 Å². The van der Waals surface area contributed by atoms with E-state index in [-0.39, 0.29) is 28.8 Å². The first-order chi connectivity index (χ1) is 20.5. The summed E-state index contributed by atoms with van der Waals surface area (Å²) in [7, 11) is 0. The second-order valence-electron chi connectivity index (χ2n) is 14.5. The number of Topliss-reactive ketones (excluding diaryl/α,β-unsaturated/α-hetero) is 1. The molecule has 44 heavy (non-hydrogen) atoms. The Labute approximate surface area is 266 Å². The van der Waals surface area contributed by atoms with E-state index < -0.39 is 11.2 Å². The Kier molecular flexibility index (Phi) is 11.6. The standard InChI is InChI=1S/C40H54O4/c1-29(18-13-11-10-12-14-23-35-32(4)24-33(41)25-37(35,5)6)19-15-16-20-30(2)21-17-22-31(3)36(43)28-40-38(7,8)26-34(42)27-39(40,9)44-40/h10-11,13,15-22,33-34,41-42H,12,24-28H2,1-9H3/b11-10+,16-15+,18-13+,21-17+,29-19+,30-20+,31-22+/t33-,34+,39-,40+/m1/s1. The fourth-order valence-electron chi connectivity index (χ4n) is 7.11. The molecule has 0 aromatic heterocycles. The molecule has 0 spiro atoms. The number of carbonyl (C=O) groups excluding carboxylic acids is 1. The maximum atomic E-state index is 13.0. The number of rotatable bonds is 10. The highest BCUT2D eigenvalue weighted by Crippen LogP contribution is 2.67. The summed E-state index contributed by atoms with van der Waals surface area (Å²) in [4.78, 5) is 13.0. The highest BCUT2D eigenvalue weighted by Gasteiger charge is 2.76. The van der Waals surface area contributed by atoms with Gasteiger partial charge in [-0.25, -0.2) is 0 Å². The van der Waals surface area contributed by atoms with Crippen LogP contribution in [0, 0.1) is 22.7 Å². The van der Waals surface area contributed by atoms with Gasteiger partial charge in [-0.15, -0.1) is 0 Å². The molecule has 3 aliphatic rings. The first-order valence-corrected chi connectivity index (χ1v) is 16.0. The zero-order chi connectivity index (χ0) is 32.8. The van der Waals surface area contributed by atoms with Crippen LogP contribution in [0.3, 0.4) is 0 Å². The molecule has 0 unspecified atom stereocenters. The van der Waals surface area contributed by atoms with Crippen LogP contribution in [0.5, 0.6) is 0 Å². The monoisotopic (exact) mass is 598 g/mol. The zero-order valence-corrected chi connectivity index (χ0v) is 28.5. The maximum Gasteiger partial charge on any atom is 0.161 e. The molecule has 1 saturated heterocycles. The lowest BCUT2D eigenvalue weighted by Crippen LogP contribution is -2.48. The minimum atomic E-state index is -0.489. The first-order valence-electron chi connectivity index (χ1n) is 16.0. The molecule has 0 radical (unpaired) electrons. The summed E-state index contributed by atoms with van der Waals surface area (Å²) in [5.41, 5.74) is 4.10. The third kappa shape index (κ3) is 8.81. The van der Waals surface area contributed by atoms with Crippen molar-refractivity contribution >= 4 is 5.78 Å². The van der Waals surface area contributed by atoms with E-state index in [0.717, 1.165) is 24.0 Å². The van der Waals surface area contributed by atoms with Gasteiger partial charge in [0.15, 0.2) is 5.78 Å². The normalized spacial score (nSPS) is 30.8. The highest BCUT2D eigenvalue weighted by molar-refractivity contribution is 5.96. The van der Waals surface area contributed by atoms with Gasteiger partial charge in [0.2, 0.25) is 0 Å². The number of aliphatic hydroxyl groups excluding tert-OH is 2. The summed E-state index contributed by atoms with van der Waals surface area (Å²) in [6.07, 6.45) is 25.3. The van der Waals surface area contributed by atoms with E-state index in [0.29, 0.717) is 31.3 Å². The summed E-state index contributed by atoms with van der Waals surface area (Å²) in [5, 5.41) is 20.3. The van der Waals surface area contributed by atoms with Gasteiger partial charge >= 0.3 is 0 Å². The summed E-state index contributed by atoms with van der Waals surface area (Å²) in [6.45, 7) is 18.6. The number of ketones is 1. The van der Waals surface area contributed by atoms with E-state index in [9.17, 15) is 15.0 Å². The fourth-order valence-corrected chi connectivity index (χ4v) is 7.11. The van der Waals surface area contributed by atoms with Crippen molar-refractivity contribution in [3.8, 4) is 11.8 Å². The lowest BCUT2D eigenvalue weighted by Gasteiger charge is -2.40. The molecule has 238 valence electrons. The third-order valence-electron chi connectivity index (χ3n) is 9.49. The van der Waals surface area contributed by atoms with Crippen molar-refractivity contribution in [2.24, 2.45) is 10.8 Å². The Bertz CT molecular complexity index is 1390. The number of hydrogen-bond donors (Lipinski definition) is 2. The number of aliphatic hydroxyl groups is 2. The summed E-state index contributed by atoms with van der Waals surface area (Å²) in [6, 6.07) is 0. The van der Waals surface area contributed by atoms with E-state index in [1.54, 1.807) is 0 Å². The van der Waals surface area contributed by atoms with Gasteiger partial charge < -0.3 is 14.9 Å². The number of epoxide rings is 1. The van der Waals surface area contributed by atoms with Crippen molar-refractivity contribution in [3.63, 3.8) is 0 Å². The average Bonchev–Trinajstić information content (AvgIpc) is 3.51. The molecule has 1 saturated carbocycles. The quantitative estimate of drug-likeness (QED) is 0.114. The van der Waals surface area contributed by atoms with Crippen LogP contribution in [0.2, 0.25) is 0 Å². The van der Waals surface area contributed by atoms with Gasteiger partial charge in [-0.05, 0) is 64.9 Å².